The number of hydrogen-bond donors (Lipinski definition) is 1. The Balaban J connectivity index is 2.53. The van der Waals surface area contributed by atoms with Gasteiger partial charge in [-0.1, -0.05) is 18.6 Å². The summed E-state index contributed by atoms with van der Waals surface area (Å²) in [5.74, 6) is 1.71. The van der Waals surface area contributed by atoms with Crippen LogP contribution in [0.1, 0.15) is 40.0 Å². The van der Waals surface area contributed by atoms with E-state index >= 15 is 0 Å². The molecule has 0 heterocycles. The molecule has 2 heteroatoms. The summed E-state index contributed by atoms with van der Waals surface area (Å²) >= 11 is 1.87. The summed E-state index contributed by atoms with van der Waals surface area (Å²) in [5.41, 5.74) is 1.58. The second kappa shape index (κ2) is 5.22. The van der Waals surface area contributed by atoms with Crippen LogP contribution in [0.15, 0.2) is 11.6 Å². The molecule has 0 fully saturated rings. The first-order valence-corrected chi connectivity index (χ1v) is 6.49. The van der Waals surface area contributed by atoms with Crippen molar-refractivity contribution in [3.8, 4) is 0 Å². The van der Waals surface area contributed by atoms with Crippen LogP contribution in [0.2, 0.25) is 0 Å². The van der Waals surface area contributed by atoms with Crippen molar-refractivity contribution in [1.29, 1.82) is 0 Å². The number of aliphatic hydroxyl groups excluding tert-OH is 1. The molecule has 1 aliphatic carbocycles. The zero-order valence-corrected chi connectivity index (χ0v) is 10.4. The second-order valence-corrected chi connectivity index (χ2v) is 6.41. The van der Waals surface area contributed by atoms with Gasteiger partial charge in [-0.3, -0.25) is 0 Å². The molecule has 0 aromatic heterocycles. The van der Waals surface area contributed by atoms with Crippen LogP contribution in [0.25, 0.3) is 0 Å². The van der Waals surface area contributed by atoms with Crippen LogP contribution in [0.4, 0.5) is 0 Å². The molecule has 82 valence electrons. The van der Waals surface area contributed by atoms with Gasteiger partial charge in [-0.15, -0.1) is 11.8 Å². The minimum Gasteiger partial charge on any atom is -0.396 e. The second-order valence-electron chi connectivity index (χ2n) is 4.69. The topological polar surface area (TPSA) is 20.2 Å². The van der Waals surface area contributed by atoms with E-state index in [4.69, 9.17) is 5.11 Å². The van der Waals surface area contributed by atoms with E-state index in [0.29, 0.717) is 0 Å². The largest absolute Gasteiger partial charge is 0.396 e. The monoisotopic (exact) mass is 214 g/mol. The average Bonchev–Trinajstić information content (AvgIpc) is 2.16. The lowest BCUT2D eigenvalue weighted by molar-refractivity contribution is 0.322. The number of aliphatic hydroxyl groups is 1. The van der Waals surface area contributed by atoms with Gasteiger partial charge in [-0.05, 0) is 39.0 Å². The van der Waals surface area contributed by atoms with Crippen LogP contribution in [-0.2, 0) is 0 Å². The van der Waals surface area contributed by atoms with Crippen molar-refractivity contribution in [2.24, 2.45) is 5.92 Å². The molecule has 0 bridgehead atoms. The molecule has 1 rings (SSSR count). The molecule has 1 aliphatic rings. The minimum atomic E-state index is 0.225. The Morgan fingerprint density at radius 1 is 1.57 bits per heavy atom. The summed E-state index contributed by atoms with van der Waals surface area (Å²) in [5, 5.41) is 8.83. The Bertz CT molecular complexity index is 208. The third kappa shape index (κ3) is 3.32. The first kappa shape index (κ1) is 12.1. The van der Waals surface area contributed by atoms with Gasteiger partial charge in [-0.2, -0.15) is 0 Å². The highest BCUT2D eigenvalue weighted by Crippen LogP contribution is 2.38. The molecule has 0 radical (unpaired) electrons. The summed E-state index contributed by atoms with van der Waals surface area (Å²) in [6.45, 7) is 7.16. The Morgan fingerprint density at radius 2 is 2.29 bits per heavy atom. The van der Waals surface area contributed by atoms with E-state index in [1.165, 1.54) is 19.3 Å². The van der Waals surface area contributed by atoms with Crippen LogP contribution in [0.3, 0.4) is 0 Å². The van der Waals surface area contributed by atoms with Crippen LogP contribution >= 0.6 is 11.8 Å². The zero-order valence-electron chi connectivity index (χ0n) is 9.55. The van der Waals surface area contributed by atoms with Crippen molar-refractivity contribution in [1.82, 2.24) is 0 Å². The molecular formula is C12H22OS. The predicted octanol–water partition coefficient (Wildman–Crippen LogP) is 3.24. The summed E-state index contributed by atoms with van der Waals surface area (Å²) in [6.07, 6.45) is 6.22. The molecular weight excluding hydrogens is 192 g/mol. The Morgan fingerprint density at radius 3 is 2.79 bits per heavy atom. The van der Waals surface area contributed by atoms with E-state index < -0.39 is 0 Å². The van der Waals surface area contributed by atoms with E-state index in [-0.39, 0.29) is 11.4 Å². The SMILES string of the molecule is C[C@H]1CC=C(C(C)(C)SCCO)CC1. The average molecular weight is 214 g/mol. The maximum atomic E-state index is 8.83. The van der Waals surface area contributed by atoms with Crippen molar-refractivity contribution in [2.75, 3.05) is 12.4 Å². The third-order valence-corrected chi connectivity index (χ3v) is 4.37. The summed E-state index contributed by atoms with van der Waals surface area (Å²) in [4.78, 5) is 0. The molecule has 0 aliphatic heterocycles. The summed E-state index contributed by atoms with van der Waals surface area (Å²) < 4.78 is 0.225. The Kier molecular flexibility index (Phi) is 4.52. The van der Waals surface area contributed by atoms with E-state index in [9.17, 15) is 0 Å². The van der Waals surface area contributed by atoms with Crippen LogP contribution in [0.5, 0.6) is 0 Å². The molecule has 14 heavy (non-hydrogen) atoms. The van der Waals surface area contributed by atoms with Crippen molar-refractivity contribution in [2.45, 2.75) is 44.8 Å². The van der Waals surface area contributed by atoms with Crippen molar-refractivity contribution >= 4 is 11.8 Å². The highest BCUT2D eigenvalue weighted by Gasteiger charge is 2.25. The first-order valence-electron chi connectivity index (χ1n) is 5.50. The van der Waals surface area contributed by atoms with Crippen LogP contribution in [0, 0.1) is 5.92 Å². The third-order valence-electron chi connectivity index (χ3n) is 3.00. The number of allylic oxidation sites excluding steroid dienone is 1. The lowest BCUT2D eigenvalue weighted by Crippen LogP contribution is -2.22. The quantitative estimate of drug-likeness (QED) is 0.725. The molecule has 0 saturated carbocycles. The molecule has 1 atom stereocenters. The lowest BCUT2D eigenvalue weighted by atomic mass is 9.86. The van der Waals surface area contributed by atoms with Crippen molar-refractivity contribution < 1.29 is 5.11 Å². The normalized spacial score (nSPS) is 23.4. The first-order chi connectivity index (χ1) is 6.56. The van der Waals surface area contributed by atoms with Gasteiger partial charge >= 0.3 is 0 Å². The fourth-order valence-electron chi connectivity index (χ4n) is 1.91. The van der Waals surface area contributed by atoms with Gasteiger partial charge in [0.2, 0.25) is 0 Å². The highest BCUT2D eigenvalue weighted by molar-refractivity contribution is 8.00. The maximum Gasteiger partial charge on any atom is 0.0522 e. The standard InChI is InChI=1S/C12H22OS/c1-10-4-6-11(7-5-10)12(2,3)14-9-8-13/h6,10,13H,4-5,7-9H2,1-3H3/t10-/m0/s1. The fourth-order valence-corrected chi connectivity index (χ4v) is 2.88. The van der Waals surface area contributed by atoms with Gasteiger partial charge in [0, 0.05) is 10.5 Å². The van der Waals surface area contributed by atoms with Gasteiger partial charge in [0.1, 0.15) is 0 Å². The van der Waals surface area contributed by atoms with Crippen molar-refractivity contribution in [3.05, 3.63) is 11.6 Å². The van der Waals surface area contributed by atoms with Gasteiger partial charge in [-0.25, -0.2) is 0 Å². The smallest absolute Gasteiger partial charge is 0.0522 e. The summed E-state index contributed by atoms with van der Waals surface area (Å²) in [7, 11) is 0. The molecule has 0 aromatic rings. The van der Waals surface area contributed by atoms with E-state index in [1.54, 1.807) is 5.57 Å². The van der Waals surface area contributed by atoms with Crippen LogP contribution in [-0.4, -0.2) is 22.2 Å². The molecule has 0 spiro atoms. The highest BCUT2D eigenvalue weighted by atomic mass is 32.2. The number of hydrogen-bond acceptors (Lipinski definition) is 2. The molecule has 0 saturated heterocycles. The number of rotatable bonds is 4. The molecule has 0 unspecified atom stereocenters. The molecule has 1 N–H and O–H groups in total. The van der Waals surface area contributed by atoms with Gasteiger partial charge in [0.25, 0.3) is 0 Å². The predicted molar refractivity (Wildman–Crippen MR) is 64.7 cm³/mol. The van der Waals surface area contributed by atoms with Crippen molar-refractivity contribution in [3.63, 3.8) is 0 Å². The van der Waals surface area contributed by atoms with Gasteiger partial charge < -0.3 is 5.11 Å². The van der Waals surface area contributed by atoms with E-state index in [1.807, 2.05) is 11.8 Å². The zero-order chi connectivity index (χ0) is 10.6. The van der Waals surface area contributed by atoms with E-state index in [2.05, 4.69) is 26.8 Å². The molecule has 1 nitrogen and oxygen atoms in total. The summed E-state index contributed by atoms with van der Waals surface area (Å²) in [6, 6.07) is 0. The fraction of sp³-hybridized carbons (Fsp3) is 0.833. The van der Waals surface area contributed by atoms with Gasteiger partial charge in [0.15, 0.2) is 0 Å². The van der Waals surface area contributed by atoms with Crippen LogP contribution < -0.4 is 0 Å². The number of thioether (sulfide) groups is 1. The lowest BCUT2D eigenvalue weighted by Gasteiger charge is -2.31. The Hall–Kier alpha value is 0.0500. The van der Waals surface area contributed by atoms with Gasteiger partial charge in [0.05, 0.1) is 6.61 Å². The molecule has 0 aromatic carbocycles. The molecule has 0 amide bonds. The van der Waals surface area contributed by atoms with E-state index in [0.717, 1.165) is 11.7 Å². The Labute approximate surface area is 92.0 Å². The minimum absolute atomic E-state index is 0.225. The maximum absolute atomic E-state index is 8.83.